The summed E-state index contributed by atoms with van der Waals surface area (Å²) in [5, 5.41) is 7.38. The minimum Gasteiger partial charge on any atom is -0.476 e. The van der Waals surface area contributed by atoms with Crippen LogP contribution in [0.4, 0.5) is 0 Å². The van der Waals surface area contributed by atoms with Gasteiger partial charge >= 0.3 is 5.97 Å². The molecular weight excluding hydrogens is 382 g/mol. The highest BCUT2D eigenvalue weighted by molar-refractivity contribution is 5.91. The van der Waals surface area contributed by atoms with Crippen LogP contribution >= 0.6 is 0 Å². The van der Waals surface area contributed by atoms with Crippen molar-refractivity contribution in [3.63, 3.8) is 0 Å². The van der Waals surface area contributed by atoms with E-state index in [1.54, 1.807) is 18.6 Å². The molecule has 8 heteroatoms. The molecule has 2 rings (SSSR count). The van der Waals surface area contributed by atoms with Crippen LogP contribution < -0.4 is 10.5 Å². The highest BCUT2D eigenvalue weighted by Crippen LogP contribution is 2.32. The summed E-state index contributed by atoms with van der Waals surface area (Å²) < 4.78 is 11.5. The summed E-state index contributed by atoms with van der Waals surface area (Å²) in [7, 11) is 0. The molecule has 0 spiro atoms. The van der Waals surface area contributed by atoms with E-state index in [9.17, 15) is 4.79 Å². The van der Waals surface area contributed by atoms with Gasteiger partial charge in [-0.25, -0.2) is 15.0 Å². The molecule has 0 amide bonds. The minimum absolute atomic E-state index is 0.180. The molecule has 0 fully saturated rings. The van der Waals surface area contributed by atoms with Gasteiger partial charge in [-0.2, -0.15) is 0 Å². The second-order valence-corrected chi connectivity index (χ2v) is 8.32. The average molecular weight is 414 g/mol. The van der Waals surface area contributed by atoms with E-state index in [1.807, 2.05) is 47.6 Å². The van der Waals surface area contributed by atoms with E-state index in [2.05, 4.69) is 15.0 Å². The second-order valence-electron chi connectivity index (χ2n) is 8.32. The molecule has 0 bridgehead atoms. The standard InChI is InChI=1S/C22H31N5O3/c1-7-22(8-2,20(28)30-21(4,5)6)13-29-17-9-14(3)16(12-25-17)15-10-26-19(18(23)24)27-11-15/h9-12H,7-8,13H2,1-6H3,(H3,23,24). The van der Waals surface area contributed by atoms with Gasteiger partial charge in [-0.3, -0.25) is 10.2 Å². The maximum Gasteiger partial charge on any atom is 0.316 e. The maximum absolute atomic E-state index is 12.8. The van der Waals surface area contributed by atoms with Crippen LogP contribution in [0.2, 0.25) is 0 Å². The zero-order valence-electron chi connectivity index (χ0n) is 18.6. The summed E-state index contributed by atoms with van der Waals surface area (Å²) in [6.45, 7) is 11.6. The molecule has 0 aliphatic carbocycles. The zero-order valence-corrected chi connectivity index (χ0v) is 18.6. The summed E-state index contributed by atoms with van der Waals surface area (Å²) in [6, 6.07) is 1.82. The third-order valence-electron chi connectivity index (χ3n) is 4.97. The second kappa shape index (κ2) is 9.19. The molecule has 0 saturated heterocycles. The largest absolute Gasteiger partial charge is 0.476 e. The maximum atomic E-state index is 12.8. The molecule has 2 aromatic rings. The SMILES string of the molecule is CCC(CC)(COc1cc(C)c(-c2cnc(C(=N)N)nc2)cn1)C(=O)OC(C)(C)C. The average Bonchev–Trinajstić information content (AvgIpc) is 2.68. The van der Waals surface area contributed by atoms with Crippen LogP contribution in [0.15, 0.2) is 24.7 Å². The van der Waals surface area contributed by atoms with Gasteiger partial charge in [0.2, 0.25) is 5.88 Å². The summed E-state index contributed by atoms with van der Waals surface area (Å²) in [4.78, 5) is 25.3. The third-order valence-corrected chi connectivity index (χ3v) is 4.97. The molecule has 3 N–H and O–H groups in total. The van der Waals surface area contributed by atoms with Crippen molar-refractivity contribution >= 4 is 11.8 Å². The molecule has 0 atom stereocenters. The number of hydrogen-bond acceptors (Lipinski definition) is 7. The Morgan fingerprint density at radius 2 is 1.70 bits per heavy atom. The molecule has 8 nitrogen and oxygen atoms in total. The molecular formula is C22H31N5O3. The van der Waals surface area contributed by atoms with Crippen molar-refractivity contribution in [1.29, 1.82) is 5.41 Å². The molecule has 0 aliphatic rings. The lowest BCUT2D eigenvalue weighted by Crippen LogP contribution is -2.41. The van der Waals surface area contributed by atoms with E-state index < -0.39 is 11.0 Å². The quantitative estimate of drug-likeness (QED) is 0.384. The van der Waals surface area contributed by atoms with Crippen molar-refractivity contribution in [2.75, 3.05) is 6.61 Å². The summed E-state index contributed by atoms with van der Waals surface area (Å²) in [5.41, 5.74) is 6.66. The van der Waals surface area contributed by atoms with E-state index >= 15 is 0 Å². The van der Waals surface area contributed by atoms with Crippen molar-refractivity contribution in [1.82, 2.24) is 15.0 Å². The van der Waals surface area contributed by atoms with Crippen LogP contribution in [0.3, 0.4) is 0 Å². The number of rotatable bonds is 8. The number of amidine groups is 1. The predicted octanol–water partition coefficient (Wildman–Crippen LogP) is 3.66. The first-order valence-electron chi connectivity index (χ1n) is 10.0. The lowest BCUT2D eigenvalue weighted by atomic mass is 9.83. The number of carbonyl (C=O) groups is 1. The topological polar surface area (TPSA) is 124 Å². The summed E-state index contributed by atoms with van der Waals surface area (Å²) in [5.74, 6) is 0.186. The van der Waals surface area contributed by atoms with Gasteiger partial charge in [0.15, 0.2) is 11.7 Å². The number of aryl methyl sites for hydroxylation is 1. The van der Waals surface area contributed by atoms with Crippen molar-refractivity contribution in [3.8, 4) is 17.0 Å². The number of hydrogen-bond donors (Lipinski definition) is 2. The van der Waals surface area contributed by atoms with E-state index in [1.165, 1.54) is 0 Å². The summed E-state index contributed by atoms with van der Waals surface area (Å²) >= 11 is 0. The normalized spacial score (nSPS) is 11.8. The lowest BCUT2D eigenvalue weighted by molar-refractivity contribution is -0.170. The number of nitrogens with zero attached hydrogens (tertiary/aromatic N) is 3. The van der Waals surface area contributed by atoms with Gasteiger partial charge in [0.25, 0.3) is 0 Å². The van der Waals surface area contributed by atoms with Crippen molar-refractivity contribution in [3.05, 3.63) is 36.0 Å². The number of aromatic nitrogens is 3. The monoisotopic (exact) mass is 413 g/mol. The van der Waals surface area contributed by atoms with E-state index in [4.69, 9.17) is 20.6 Å². The number of ether oxygens (including phenoxy) is 2. The fraction of sp³-hybridized carbons (Fsp3) is 0.500. The Morgan fingerprint density at radius 3 is 2.17 bits per heavy atom. The van der Waals surface area contributed by atoms with Crippen LogP contribution in [-0.2, 0) is 9.53 Å². The van der Waals surface area contributed by atoms with Gasteiger partial charge < -0.3 is 15.2 Å². The molecule has 2 aromatic heterocycles. The molecule has 162 valence electrons. The van der Waals surface area contributed by atoms with Gasteiger partial charge in [-0.05, 0) is 46.1 Å². The first-order chi connectivity index (χ1) is 14.0. The van der Waals surface area contributed by atoms with Crippen molar-refractivity contribution in [2.24, 2.45) is 11.1 Å². The minimum atomic E-state index is -0.724. The van der Waals surface area contributed by atoms with E-state index in [-0.39, 0.29) is 24.2 Å². The smallest absolute Gasteiger partial charge is 0.316 e. The number of nitrogens with two attached hydrogens (primary N) is 1. The number of carbonyl (C=O) groups excluding carboxylic acids is 1. The third kappa shape index (κ3) is 5.52. The van der Waals surface area contributed by atoms with Crippen LogP contribution in [0.5, 0.6) is 5.88 Å². The van der Waals surface area contributed by atoms with Crippen LogP contribution in [-0.4, -0.2) is 39.0 Å². The molecule has 0 saturated carbocycles. The summed E-state index contributed by atoms with van der Waals surface area (Å²) in [6.07, 6.45) is 6.11. The highest BCUT2D eigenvalue weighted by atomic mass is 16.6. The van der Waals surface area contributed by atoms with Crippen LogP contribution in [0, 0.1) is 17.7 Å². The Kier molecular flexibility index (Phi) is 7.12. The first kappa shape index (κ1) is 23.3. The molecule has 0 aromatic carbocycles. The van der Waals surface area contributed by atoms with Gasteiger partial charge in [0, 0.05) is 35.8 Å². The van der Waals surface area contributed by atoms with Crippen LogP contribution in [0.1, 0.15) is 58.8 Å². The number of nitrogens with one attached hydrogen (secondary N) is 1. The Balaban J connectivity index is 2.18. The van der Waals surface area contributed by atoms with Gasteiger partial charge in [0.1, 0.15) is 17.6 Å². The molecule has 0 radical (unpaired) electrons. The van der Waals surface area contributed by atoms with Crippen LogP contribution in [0.25, 0.3) is 11.1 Å². The number of pyridine rings is 1. The Hall–Kier alpha value is -3.03. The first-order valence-corrected chi connectivity index (χ1v) is 10.0. The van der Waals surface area contributed by atoms with Gasteiger partial charge in [-0.15, -0.1) is 0 Å². The fourth-order valence-electron chi connectivity index (χ4n) is 2.92. The van der Waals surface area contributed by atoms with E-state index in [0.717, 1.165) is 16.7 Å². The predicted molar refractivity (Wildman–Crippen MR) is 115 cm³/mol. The number of esters is 1. The van der Waals surface area contributed by atoms with Gasteiger partial charge in [0.05, 0.1) is 0 Å². The van der Waals surface area contributed by atoms with Crippen molar-refractivity contribution in [2.45, 2.75) is 60.0 Å². The molecule has 2 heterocycles. The molecule has 30 heavy (non-hydrogen) atoms. The highest BCUT2D eigenvalue weighted by Gasteiger charge is 2.39. The Morgan fingerprint density at radius 1 is 1.10 bits per heavy atom. The van der Waals surface area contributed by atoms with Gasteiger partial charge in [-0.1, -0.05) is 13.8 Å². The fourth-order valence-corrected chi connectivity index (χ4v) is 2.92. The molecule has 0 unspecified atom stereocenters. The Labute approximate surface area is 177 Å². The molecule has 0 aliphatic heterocycles. The Bertz CT molecular complexity index is 900. The van der Waals surface area contributed by atoms with E-state index in [0.29, 0.717) is 18.7 Å². The number of nitrogen functional groups attached to an aromatic ring is 1. The zero-order chi connectivity index (χ0) is 22.5. The lowest BCUT2D eigenvalue weighted by Gasteiger charge is -2.32. The van der Waals surface area contributed by atoms with Crippen molar-refractivity contribution < 1.29 is 14.3 Å².